The van der Waals surface area contributed by atoms with E-state index in [4.69, 9.17) is 17.3 Å². The quantitative estimate of drug-likeness (QED) is 0.940. The van der Waals surface area contributed by atoms with E-state index < -0.39 is 5.91 Å². The van der Waals surface area contributed by atoms with E-state index in [2.05, 4.69) is 5.10 Å². The van der Waals surface area contributed by atoms with Gasteiger partial charge < -0.3 is 5.73 Å². The van der Waals surface area contributed by atoms with E-state index in [0.29, 0.717) is 23.6 Å². The van der Waals surface area contributed by atoms with Crippen LogP contribution < -0.4 is 5.73 Å². The summed E-state index contributed by atoms with van der Waals surface area (Å²) in [4.78, 5) is 23.6. The lowest BCUT2D eigenvalue weighted by molar-refractivity contribution is 0.0948. The van der Waals surface area contributed by atoms with E-state index in [9.17, 15) is 9.59 Å². The molecule has 3 rings (SSSR count). The lowest BCUT2D eigenvalue weighted by Gasteiger charge is -2.13. The Morgan fingerprint density at radius 3 is 2.68 bits per heavy atom. The van der Waals surface area contributed by atoms with Crippen LogP contribution in [0.25, 0.3) is 0 Å². The van der Waals surface area contributed by atoms with Crippen LogP contribution in [0.4, 0.5) is 0 Å². The Bertz CT molecular complexity index is 735. The number of primary amides is 1. The summed E-state index contributed by atoms with van der Waals surface area (Å²) in [7, 11) is 0. The molecule has 0 unspecified atom stereocenters. The zero-order valence-corrected chi connectivity index (χ0v) is 12.8. The van der Waals surface area contributed by atoms with E-state index >= 15 is 0 Å². The number of ketones is 1. The first-order valence-electron chi connectivity index (χ1n) is 7.23. The van der Waals surface area contributed by atoms with Gasteiger partial charge in [0.05, 0.1) is 11.3 Å². The molecule has 1 aliphatic carbocycles. The Morgan fingerprint density at radius 2 is 2.00 bits per heavy atom. The molecule has 22 heavy (non-hydrogen) atoms. The molecule has 2 N–H and O–H groups in total. The average molecular weight is 318 g/mol. The Morgan fingerprint density at radius 1 is 1.27 bits per heavy atom. The van der Waals surface area contributed by atoms with Crippen molar-refractivity contribution in [1.82, 2.24) is 9.78 Å². The van der Waals surface area contributed by atoms with Crippen molar-refractivity contribution in [3.05, 3.63) is 51.8 Å². The van der Waals surface area contributed by atoms with Crippen LogP contribution in [0.1, 0.15) is 44.9 Å². The molecule has 0 bridgehead atoms. The fraction of sp³-hybridized carbons (Fsp3) is 0.312. The van der Waals surface area contributed by atoms with Gasteiger partial charge in [0.15, 0.2) is 11.5 Å². The normalized spacial score (nSPS) is 14.0. The lowest BCUT2D eigenvalue weighted by atomic mass is 9.94. The molecule has 6 heteroatoms. The summed E-state index contributed by atoms with van der Waals surface area (Å²) in [6, 6.07) is 7.60. The number of nitrogens with two attached hydrogens (primary N) is 1. The van der Waals surface area contributed by atoms with Gasteiger partial charge in [-0.2, -0.15) is 5.10 Å². The Hall–Kier alpha value is -2.14. The number of benzene rings is 1. The second-order valence-corrected chi connectivity index (χ2v) is 5.85. The predicted molar refractivity (Wildman–Crippen MR) is 83.2 cm³/mol. The molecule has 0 spiro atoms. The number of hydrogen-bond donors (Lipinski definition) is 1. The van der Waals surface area contributed by atoms with E-state index in [1.807, 2.05) is 24.3 Å². The molecule has 114 valence electrons. The van der Waals surface area contributed by atoms with Gasteiger partial charge in [0.2, 0.25) is 0 Å². The number of fused-ring (bicyclic) bond motifs is 1. The van der Waals surface area contributed by atoms with Gasteiger partial charge in [0, 0.05) is 18.0 Å². The minimum absolute atomic E-state index is 0.0345. The minimum Gasteiger partial charge on any atom is -0.364 e. The molecule has 0 aliphatic heterocycles. The smallest absolute Gasteiger partial charge is 0.269 e. The first kappa shape index (κ1) is 14.8. The highest BCUT2D eigenvalue weighted by molar-refractivity contribution is 6.30. The van der Waals surface area contributed by atoms with Crippen LogP contribution in [-0.4, -0.2) is 21.5 Å². The third-order valence-electron chi connectivity index (χ3n) is 3.91. The van der Waals surface area contributed by atoms with Crippen LogP contribution in [-0.2, 0) is 19.4 Å². The maximum Gasteiger partial charge on any atom is 0.269 e. The summed E-state index contributed by atoms with van der Waals surface area (Å²) in [6.45, 7) is 0.602. The van der Waals surface area contributed by atoms with Crippen molar-refractivity contribution < 1.29 is 9.59 Å². The van der Waals surface area contributed by atoms with Crippen molar-refractivity contribution in [3.8, 4) is 0 Å². The maximum absolute atomic E-state index is 12.1. The summed E-state index contributed by atoms with van der Waals surface area (Å²) in [6.07, 6.45) is 2.74. The summed E-state index contributed by atoms with van der Waals surface area (Å²) in [5.74, 6) is -0.676. The third kappa shape index (κ3) is 2.76. The monoisotopic (exact) mass is 317 g/mol. The van der Waals surface area contributed by atoms with Gasteiger partial charge in [-0.3, -0.25) is 14.3 Å². The van der Waals surface area contributed by atoms with E-state index in [0.717, 1.165) is 30.5 Å². The standard InChI is InChI=1S/C16H16ClN3O2/c17-11-6-4-10(5-7-11)8-9-20-12-2-1-3-13(21)14(12)15(19-20)16(18)22/h4-7H,1-3,8-9H2,(H2,18,22). The van der Waals surface area contributed by atoms with Gasteiger partial charge in [-0.25, -0.2) is 0 Å². The fourth-order valence-electron chi connectivity index (χ4n) is 2.83. The summed E-state index contributed by atoms with van der Waals surface area (Å²) >= 11 is 5.87. The van der Waals surface area contributed by atoms with Gasteiger partial charge in [0.1, 0.15) is 0 Å². The SMILES string of the molecule is NC(=O)c1nn(CCc2ccc(Cl)cc2)c2c1C(=O)CCC2. The highest BCUT2D eigenvalue weighted by Gasteiger charge is 2.29. The summed E-state index contributed by atoms with van der Waals surface area (Å²) in [5.41, 5.74) is 7.84. The zero-order valence-electron chi connectivity index (χ0n) is 12.0. The lowest BCUT2D eigenvalue weighted by Crippen LogP contribution is -2.18. The average Bonchev–Trinajstić information content (AvgIpc) is 2.87. The predicted octanol–water partition coefficient (Wildman–Crippen LogP) is 2.40. The Balaban J connectivity index is 1.87. The van der Waals surface area contributed by atoms with Gasteiger partial charge in [-0.05, 0) is 37.0 Å². The zero-order chi connectivity index (χ0) is 15.7. The molecule has 0 fully saturated rings. The number of Topliss-reactive ketones (excluding diaryl/α,β-unsaturated/α-hetero) is 1. The van der Waals surface area contributed by atoms with Crippen molar-refractivity contribution in [3.63, 3.8) is 0 Å². The number of aryl methyl sites for hydroxylation is 2. The molecular weight excluding hydrogens is 302 g/mol. The molecule has 1 aliphatic rings. The Labute approximate surface area is 133 Å². The molecule has 2 aromatic rings. The molecule has 5 nitrogen and oxygen atoms in total. The van der Waals surface area contributed by atoms with Crippen LogP contribution >= 0.6 is 11.6 Å². The summed E-state index contributed by atoms with van der Waals surface area (Å²) in [5, 5.41) is 4.97. The highest BCUT2D eigenvalue weighted by Crippen LogP contribution is 2.24. The number of rotatable bonds is 4. The van der Waals surface area contributed by atoms with Crippen LogP contribution in [0, 0.1) is 0 Å². The second-order valence-electron chi connectivity index (χ2n) is 5.41. The first-order chi connectivity index (χ1) is 10.6. The number of carbonyl (C=O) groups is 2. The number of amides is 1. The number of nitrogens with zero attached hydrogens (tertiary/aromatic N) is 2. The van der Waals surface area contributed by atoms with Crippen molar-refractivity contribution in [2.45, 2.75) is 32.2 Å². The molecular formula is C16H16ClN3O2. The Kier molecular flexibility index (Phi) is 3.98. The molecule has 1 aromatic carbocycles. The molecule has 0 atom stereocenters. The number of hydrogen-bond acceptors (Lipinski definition) is 3. The van der Waals surface area contributed by atoms with Gasteiger partial charge in [-0.15, -0.1) is 0 Å². The minimum atomic E-state index is -0.642. The molecule has 1 amide bonds. The second kappa shape index (κ2) is 5.93. The van der Waals surface area contributed by atoms with Gasteiger partial charge >= 0.3 is 0 Å². The van der Waals surface area contributed by atoms with Crippen molar-refractivity contribution in [1.29, 1.82) is 0 Å². The van der Waals surface area contributed by atoms with Gasteiger partial charge in [-0.1, -0.05) is 23.7 Å². The highest BCUT2D eigenvalue weighted by atomic mass is 35.5. The number of halogens is 1. The number of aromatic nitrogens is 2. The molecule has 0 radical (unpaired) electrons. The summed E-state index contributed by atoms with van der Waals surface area (Å²) < 4.78 is 1.75. The molecule has 1 aromatic heterocycles. The van der Waals surface area contributed by atoms with Gasteiger partial charge in [0.25, 0.3) is 5.91 Å². The van der Waals surface area contributed by atoms with Crippen molar-refractivity contribution >= 4 is 23.3 Å². The molecule has 0 saturated heterocycles. The first-order valence-corrected chi connectivity index (χ1v) is 7.61. The topological polar surface area (TPSA) is 78.0 Å². The largest absolute Gasteiger partial charge is 0.364 e. The van der Waals surface area contributed by atoms with Crippen molar-refractivity contribution in [2.24, 2.45) is 5.73 Å². The maximum atomic E-state index is 12.1. The molecule has 0 saturated carbocycles. The fourth-order valence-corrected chi connectivity index (χ4v) is 2.95. The van der Waals surface area contributed by atoms with E-state index in [-0.39, 0.29) is 11.5 Å². The molecule has 1 heterocycles. The number of carbonyl (C=O) groups excluding carboxylic acids is 2. The van der Waals surface area contributed by atoms with E-state index in [1.54, 1.807) is 4.68 Å². The van der Waals surface area contributed by atoms with Crippen LogP contribution in [0.2, 0.25) is 5.02 Å². The van der Waals surface area contributed by atoms with Crippen LogP contribution in [0.15, 0.2) is 24.3 Å². The van der Waals surface area contributed by atoms with Crippen LogP contribution in [0.3, 0.4) is 0 Å². The van der Waals surface area contributed by atoms with Crippen LogP contribution in [0.5, 0.6) is 0 Å². The third-order valence-corrected chi connectivity index (χ3v) is 4.16. The van der Waals surface area contributed by atoms with Crippen molar-refractivity contribution in [2.75, 3.05) is 0 Å². The van der Waals surface area contributed by atoms with E-state index in [1.165, 1.54) is 0 Å².